The lowest BCUT2D eigenvalue weighted by Crippen LogP contribution is -2.17. The fourth-order valence-electron chi connectivity index (χ4n) is 1.79. The van der Waals surface area contributed by atoms with E-state index >= 15 is 0 Å². The molecule has 2 aromatic carbocycles. The molecule has 0 aliphatic carbocycles. The molecule has 0 atom stereocenters. The maximum Gasteiger partial charge on any atom is 0.573 e. The van der Waals surface area contributed by atoms with Crippen molar-refractivity contribution in [3.8, 4) is 5.75 Å². The van der Waals surface area contributed by atoms with Gasteiger partial charge in [-0.1, -0.05) is 18.2 Å². The van der Waals surface area contributed by atoms with Gasteiger partial charge in [0.2, 0.25) is 0 Å². The van der Waals surface area contributed by atoms with Crippen LogP contribution in [0.25, 0.3) is 0 Å². The van der Waals surface area contributed by atoms with Gasteiger partial charge in [0.15, 0.2) is 0 Å². The number of ether oxygens (including phenoxy) is 1. The smallest absolute Gasteiger partial charge is 0.406 e. The highest BCUT2D eigenvalue weighted by molar-refractivity contribution is 5.51. The predicted octanol–water partition coefficient (Wildman–Crippen LogP) is 4.64. The Hall–Kier alpha value is -2.24. The van der Waals surface area contributed by atoms with Crippen LogP contribution >= 0.6 is 0 Å². The molecule has 0 aliphatic rings. The van der Waals surface area contributed by atoms with Gasteiger partial charge in [0.05, 0.1) is 0 Å². The summed E-state index contributed by atoms with van der Waals surface area (Å²) in [6.07, 6.45) is -4.70. The van der Waals surface area contributed by atoms with Crippen molar-refractivity contribution in [1.82, 2.24) is 0 Å². The number of hydrogen-bond acceptors (Lipinski definition) is 2. The zero-order valence-corrected chi connectivity index (χ0v) is 11.2. The maximum atomic E-state index is 13.1. The summed E-state index contributed by atoms with van der Waals surface area (Å²) in [4.78, 5) is 0. The van der Waals surface area contributed by atoms with Crippen LogP contribution in [-0.2, 0) is 6.54 Å². The standard InChI is InChI=1S/C15H13F4NO/c1-10-2-5-12(16)8-14(10)20-9-11-3-6-13(7-4-11)21-15(17,18)19/h2-8,20H,9H2,1H3. The van der Waals surface area contributed by atoms with Gasteiger partial charge in [0.1, 0.15) is 11.6 Å². The van der Waals surface area contributed by atoms with Crippen LogP contribution in [0.1, 0.15) is 11.1 Å². The Morgan fingerprint density at radius 1 is 1.05 bits per heavy atom. The highest BCUT2D eigenvalue weighted by Crippen LogP contribution is 2.23. The zero-order chi connectivity index (χ0) is 15.5. The molecule has 0 aromatic heterocycles. The maximum absolute atomic E-state index is 13.1. The lowest BCUT2D eigenvalue weighted by atomic mass is 10.1. The molecule has 1 N–H and O–H groups in total. The van der Waals surface area contributed by atoms with Crippen LogP contribution in [0.5, 0.6) is 5.75 Å². The molecule has 0 aliphatic heterocycles. The van der Waals surface area contributed by atoms with E-state index in [1.807, 2.05) is 6.92 Å². The Morgan fingerprint density at radius 2 is 1.71 bits per heavy atom. The average Bonchev–Trinajstić information content (AvgIpc) is 2.40. The van der Waals surface area contributed by atoms with Crippen molar-refractivity contribution in [2.24, 2.45) is 0 Å². The molecule has 0 unspecified atom stereocenters. The fourth-order valence-corrected chi connectivity index (χ4v) is 1.79. The molecule has 2 rings (SSSR count). The number of halogens is 4. The molecule has 2 nitrogen and oxygen atoms in total. The van der Waals surface area contributed by atoms with Gasteiger partial charge in [0.25, 0.3) is 0 Å². The minimum Gasteiger partial charge on any atom is -0.406 e. The van der Waals surface area contributed by atoms with Crippen molar-refractivity contribution >= 4 is 5.69 Å². The second-order valence-electron chi connectivity index (χ2n) is 4.50. The first-order valence-corrected chi connectivity index (χ1v) is 6.18. The van der Waals surface area contributed by atoms with Gasteiger partial charge in [-0.25, -0.2) is 4.39 Å². The van der Waals surface area contributed by atoms with E-state index in [1.54, 1.807) is 6.07 Å². The Labute approximate surface area is 119 Å². The van der Waals surface area contributed by atoms with E-state index in [9.17, 15) is 17.6 Å². The summed E-state index contributed by atoms with van der Waals surface area (Å²) >= 11 is 0. The number of aryl methyl sites for hydroxylation is 1. The van der Waals surface area contributed by atoms with Crippen LogP contribution in [0.3, 0.4) is 0 Å². The Kier molecular flexibility index (Phi) is 4.35. The second kappa shape index (κ2) is 6.03. The Bertz CT molecular complexity index is 608. The van der Waals surface area contributed by atoms with Gasteiger partial charge in [-0.15, -0.1) is 13.2 Å². The van der Waals surface area contributed by atoms with Crippen LogP contribution in [-0.4, -0.2) is 6.36 Å². The summed E-state index contributed by atoms with van der Waals surface area (Å²) < 4.78 is 53.0. The molecule has 0 saturated carbocycles. The molecule has 112 valence electrons. The van der Waals surface area contributed by atoms with Crippen molar-refractivity contribution in [1.29, 1.82) is 0 Å². The van der Waals surface area contributed by atoms with Crippen molar-refractivity contribution in [2.45, 2.75) is 19.8 Å². The van der Waals surface area contributed by atoms with Gasteiger partial charge in [-0.3, -0.25) is 0 Å². The van der Waals surface area contributed by atoms with Gasteiger partial charge in [-0.05, 0) is 42.3 Å². The highest BCUT2D eigenvalue weighted by Gasteiger charge is 2.30. The van der Waals surface area contributed by atoms with Crippen molar-refractivity contribution in [3.63, 3.8) is 0 Å². The monoisotopic (exact) mass is 299 g/mol. The number of alkyl halides is 3. The molecule has 21 heavy (non-hydrogen) atoms. The number of nitrogens with one attached hydrogen (secondary N) is 1. The zero-order valence-electron chi connectivity index (χ0n) is 11.2. The van der Waals surface area contributed by atoms with Gasteiger partial charge < -0.3 is 10.1 Å². The second-order valence-corrected chi connectivity index (χ2v) is 4.50. The van der Waals surface area contributed by atoms with Gasteiger partial charge in [-0.2, -0.15) is 0 Å². The molecular weight excluding hydrogens is 286 g/mol. The molecule has 0 fully saturated rings. The SMILES string of the molecule is Cc1ccc(F)cc1NCc1ccc(OC(F)(F)F)cc1. The predicted molar refractivity (Wildman–Crippen MR) is 71.6 cm³/mol. The molecule has 0 saturated heterocycles. The Morgan fingerprint density at radius 3 is 2.33 bits per heavy atom. The average molecular weight is 299 g/mol. The Balaban J connectivity index is 1.99. The molecule has 0 spiro atoms. The summed E-state index contributed by atoms with van der Waals surface area (Å²) in [5.41, 5.74) is 2.28. The first-order chi connectivity index (χ1) is 9.83. The molecule has 0 radical (unpaired) electrons. The van der Waals surface area contributed by atoms with Crippen LogP contribution < -0.4 is 10.1 Å². The molecular formula is C15H13F4NO. The first-order valence-electron chi connectivity index (χ1n) is 6.18. The molecule has 6 heteroatoms. The van der Waals surface area contributed by atoms with E-state index in [-0.39, 0.29) is 11.6 Å². The summed E-state index contributed by atoms with van der Waals surface area (Å²) in [5.74, 6) is -0.620. The number of hydrogen-bond donors (Lipinski definition) is 1. The normalized spacial score (nSPS) is 11.3. The summed E-state index contributed by atoms with van der Waals surface area (Å²) in [6, 6.07) is 9.90. The molecule has 0 amide bonds. The van der Waals surface area contributed by atoms with Gasteiger partial charge in [0, 0.05) is 12.2 Å². The van der Waals surface area contributed by atoms with E-state index < -0.39 is 6.36 Å². The van der Waals surface area contributed by atoms with Crippen LogP contribution in [0, 0.1) is 12.7 Å². The third kappa shape index (κ3) is 4.66. The van der Waals surface area contributed by atoms with E-state index in [4.69, 9.17) is 0 Å². The summed E-state index contributed by atoms with van der Waals surface area (Å²) in [5, 5.41) is 3.03. The van der Waals surface area contributed by atoms with Crippen molar-refractivity contribution < 1.29 is 22.3 Å². The number of anilines is 1. The van der Waals surface area contributed by atoms with Crippen LogP contribution in [0.4, 0.5) is 23.2 Å². The minimum atomic E-state index is -4.70. The quantitative estimate of drug-likeness (QED) is 0.830. The summed E-state index contributed by atoms with van der Waals surface area (Å²) in [7, 11) is 0. The lowest BCUT2D eigenvalue weighted by Gasteiger charge is -2.11. The summed E-state index contributed by atoms with van der Waals surface area (Å²) in [6.45, 7) is 2.21. The number of benzene rings is 2. The molecule has 0 heterocycles. The lowest BCUT2D eigenvalue weighted by molar-refractivity contribution is -0.274. The third-order valence-electron chi connectivity index (χ3n) is 2.84. The van der Waals surface area contributed by atoms with E-state index in [0.29, 0.717) is 12.2 Å². The van der Waals surface area contributed by atoms with Crippen molar-refractivity contribution in [3.05, 3.63) is 59.4 Å². The third-order valence-corrected chi connectivity index (χ3v) is 2.84. The number of rotatable bonds is 4. The van der Waals surface area contributed by atoms with E-state index in [2.05, 4.69) is 10.1 Å². The van der Waals surface area contributed by atoms with E-state index in [0.717, 1.165) is 11.1 Å². The van der Waals surface area contributed by atoms with Crippen LogP contribution in [0.2, 0.25) is 0 Å². The largest absolute Gasteiger partial charge is 0.573 e. The topological polar surface area (TPSA) is 21.3 Å². The first kappa shape index (κ1) is 15.2. The highest BCUT2D eigenvalue weighted by atomic mass is 19.4. The minimum absolute atomic E-state index is 0.270. The van der Waals surface area contributed by atoms with Crippen LogP contribution in [0.15, 0.2) is 42.5 Å². The van der Waals surface area contributed by atoms with E-state index in [1.165, 1.54) is 36.4 Å². The fraction of sp³-hybridized carbons (Fsp3) is 0.200. The molecule has 0 bridgehead atoms. The van der Waals surface area contributed by atoms with Gasteiger partial charge >= 0.3 is 6.36 Å². The molecule has 2 aromatic rings. The van der Waals surface area contributed by atoms with Crippen molar-refractivity contribution in [2.75, 3.05) is 5.32 Å².